The fraction of sp³-hybridized carbons (Fsp3) is 0.333. The molecule has 5 heteroatoms. The highest BCUT2D eigenvalue weighted by molar-refractivity contribution is 5.42. The van der Waals surface area contributed by atoms with Gasteiger partial charge in [-0.15, -0.1) is 0 Å². The maximum Gasteiger partial charge on any atom is 0.189 e. The second kappa shape index (κ2) is 7.44. The van der Waals surface area contributed by atoms with Crippen molar-refractivity contribution in [2.24, 2.45) is 0 Å². The Morgan fingerprint density at radius 3 is 2.96 bits per heavy atom. The Kier molecular flexibility index (Phi) is 5.10. The molecule has 3 rings (SSSR count). The van der Waals surface area contributed by atoms with Gasteiger partial charge in [0.1, 0.15) is 17.3 Å². The van der Waals surface area contributed by atoms with Crippen molar-refractivity contribution >= 4 is 0 Å². The molecule has 0 spiro atoms. The lowest BCUT2D eigenvalue weighted by Gasteiger charge is -2.21. The Morgan fingerprint density at radius 2 is 2.09 bits per heavy atom. The minimum absolute atomic E-state index is 0.222. The number of hydrogen-bond acceptors (Lipinski definition) is 4. The predicted octanol–water partition coefficient (Wildman–Crippen LogP) is 3.03. The molecule has 2 aromatic rings. The Bertz CT molecular complexity index is 675. The van der Waals surface area contributed by atoms with Gasteiger partial charge in [-0.25, -0.2) is 4.39 Å². The molecule has 23 heavy (non-hydrogen) atoms. The summed E-state index contributed by atoms with van der Waals surface area (Å²) in [5, 5.41) is 3.36. The average molecular weight is 317 g/mol. The van der Waals surface area contributed by atoms with E-state index in [1.54, 1.807) is 7.11 Å². The Labute approximate surface area is 135 Å². The van der Waals surface area contributed by atoms with Crippen molar-refractivity contribution in [1.82, 2.24) is 5.32 Å². The lowest BCUT2D eigenvalue weighted by atomic mass is 10.1. The van der Waals surface area contributed by atoms with Crippen molar-refractivity contribution in [3.05, 3.63) is 58.9 Å². The van der Waals surface area contributed by atoms with Crippen LogP contribution in [-0.2, 0) is 24.3 Å². The molecule has 0 amide bonds. The van der Waals surface area contributed by atoms with Crippen LogP contribution in [0.4, 0.5) is 4.39 Å². The van der Waals surface area contributed by atoms with E-state index in [0.29, 0.717) is 19.6 Å². The Morgan fingerprint density at radius 1 is 1.22 bits per heavy atom. The summed E-state index contributed by atoms with van der Waals surface area (Å²) in [4.78, 5) is 0. The Balaban J connectivity index is 1.60. The first-order valence-electron chi connectivity index (χ1n) is 7.62. The zero-order valence-electron chi connectivity index (χ0n) is 13.1. The lowest BCUT2D eigenvalue weighted by Crippen LogP contribution is -2.19. The van der Waals surface area contributed by atoms with Crippen molar-refractivity contribution in [2.45, 2.75) is 19.6 Å². The van der Waals surface area contributed by atoms with Crippen molar-refractivity contribution in [2.75, 3.05) is 20.4 Å². The number of fused-ring (bicyclic) bond motifs is 1. The van der Waals surface area contributed by atoms with E-state index < -0.39 is 0 Å². The third-order valence-corrected chi connectivity index (χ3v) is 3.83. The van der Waals surface area contributed by atoms with Crippen LogP contribution in [0.1, 0.15) is 16.7 Å². The molecule has 0 aromatic heterocycles. The van der Waals surface area contributed by atoms with Gasteiger partial charge in [0.2, 0.25) is 0 Å². The third kappa shape index (κ3) is 3.81. The topological polar surface area (TPSA) is 39.7 Å². The first-order valence-corrected chi connectivity index (χ1v) is 7.62. The maximum absolute atomic E-state index is 13.7. The maximum atomic E-state index is 13.7. The largest absolute Gasteiger partial charge is 0.496 e. The molecule has 122 valence electrons. The zero-order chi connectivity index (χ0) is 16.1. The molecule has 0 aliphatic carbocycles. The van der Waals surface area contributed by atoms with Crippen molar-refractivity contribution < 1.29 is 18.6 Å². The van der Waals surface area contributed by atoms with E-state index in [9.17, 15) is 4.39 Å². The van der Waals surface area contributed by atoms with Gasteiger partial charge in [0.05, 0.1) is 13.7 Å². The van der Waals surface area contributed by atoms with Gasteiger partial charge in [0.15, 0.2) is 6.79 Å². The molecule has 1 aliphatic rings. The van der Waals surface area contributed by atoms with Gasteiger partial charge < -0.3 is 19.5 Å². The number of rotatable bonds is 6. The third-order valence-electron chi connectivity index (χ3n) is 3.83. The van der Waals surface area contributed by atoms with Crippen LogP contribution in [0.5, 0.6) is 11.5 Å². The second-order valence-corrected chi connectivity index (χ2v) is 5.40. The normalized spacial score (nSPS) is 13.3. The molecule has 0 bridgehead atoms. The molecule has 0 unspecified atom stereocenters. The summed E-state index contributed by atoms with van der Waals surface area (Å²) < 4.78 is 29.7. The van der Waals surface area contributed by atoms with Gasteiger partial charge in [-0.1, -0.05) is 18.2 Å². The van der Waals surface area contributed by atoms with E-state index >= 15 is 0 Å². The highest BCUT2D eigenvalue weighted by Crippen LogP contribution is 2.29. The van der Waals surface area contributed by atoms with Gasteiger partial charge in [0, 0.05) is 17.7 Å². The van der Waals surface area contributed by atoms with Gasteiger partial charge >= 0.3 is 0 Å². The summed E-state index contributed by atoms with van der Waals surface area (Å²) in [6.45, 7) is 2.04. The molecule has 0 saturated carbocycles. The quantitative estimate of drug-likeness (QED) is 0.831. The molecule has 2 aromatic carbocycles. The Hall–Kier alpha value is -2.11. The van der Waals surface area contributed by atoms with Crippen LogP contribution < -0.4 is 14.8 Å². The van der Waals surface area contributed by atoms with Crippen LogP contribution in [0, 0.1) is 5.82 Å². The molecule has 0 saturated heterocycles. The standard InChI is InChI=1S/C18H20FNO3/c1-21-17-5-3-2-4-14(17)10-20-7-6-13-8-16(19)9-15-11-22-12-23-18(13)15/h2-5,8-9,20H,6-7,10-12H2,1H3. The zero-order valence-corrected chi connectivity index (χ0v) is 13.1. The molecule has 1 heterocycles. The number of halogens is 1. The number of para-hydroxylation sites is 1. The fourth-order valence-electron chi connectivity index (χ4n) is 2.74. The summed E-state index contributed by atoms with van der Waals surface area (Å²) in [5.74, 6) is 1.37. The molecular formula is C18H20FNO3. The van der Waals surface area contributed by atoms with Gasteiger partial charge in [-0.3, -0.25) is 0 Å². The summed E-state index contributed by atoms with van der Waals surface area (Å²) in [7, 11) is 1.66. The summed E-state index contributed by atoms with van der Waals surface area (Å²) in [5.41, 5.74) is 2.74. The molecule has 0 atom stereocenters. The van der Waals surface area contributed by atoms with Crippen LogP contribution in [-0.4, -0.2) is 20.4 Å². The first kappa shape index (κ1) is 15.8. The molecule has 0 radical (unpaired) electrons. The number of ether oxygens (including phenoxy) is 3. The van der Waals surface area contributed by atoms with Gasteiger partial charge in [-0.05, 0) is 36.7 Å². The average Bonchev–Trinajstić information content (AvgIpc) is 2.58. The van der Waals surface area contributed by atoms with E-state index in [1.807, 2.05) is 24.3 Å². The van der Waals surface area contributed by atoms with Crippen LogP contribution in [0.15, 0.2) is 36.4 Å². The second-order valence-electron chi connectivity index (χ2n) is 5.40. The number of benzene rings is 2. The predicted molar refractivity (Wildman–Crippen MR) is 85.1 cm³/mol. The van der Waals surface area contributed by atoms with E-state index in [1.165, 1.54) is 12.1 Å². The van der Waals surface area contributed by atoms with Gasteiger partial charge in [-0.2, -0.15) is 0 Å². The van der Waals surface area contributed by atoms with E-state index in [-0.39, 0.29) is 12.6 Å². The lowest BCUT2D eigenvalue weighted by molar-refractivity contribution is -0.0172. The summed E-state index contributed by atoms with van der Waals surface area (Å²) >= 11 is 0. The minimum Gasteiger partial charge on any atom is -0.496 e. The summed E-state index contributed by atoms with van der Waals surface area (Å²) in [6.07, 6.45) is 0.690. The molecule has 0 fully saturated rings. The van der Waals surface area contributed by atoms with E-state index in [0.717, 1.165) is 34.7 Å². The van der Waals surface area contributed by atoms with Gasteiger partial charge in [0.25, 0.3) is 0 Å². The van der Waals surface area contributed by atoms with Crippen molar-refractivity contribution in [3.8, 4) is 11.5 Å². The molecule has 1 aliphatic heterocycles. The van der Waals surface area contributed by atoms with Crippen LogP contribution in [0.25, 0.3) is 0 Å². The fourth-order valence-corrected chi connectivity index (χ4v) is 2.74. The number of methoxy groups -OCH3 is 1. The molecular weight excluding hydrogens is 297 g/mol. The van der Waals surface area contributed by atoms with Crippen molar-refractivity contribution in [3.63, 3.8) is 0 Å². The van der Waals surface area contributed by atoms with E-state index in [4.69, 9.17) is 14.2 Å². The SMILES string of the molecule is COc1ccccc1CNCCc1cc(F)cc2c1OCOC2. The van der Waals surface area contributed by atoms with Crippen LogP contribution >= 0.6 is 0 Å². The molecule has 4 nitrogen and oxygen atoms in total. The minimum atomic E-state index is -0.252. The highest BCUT2D eigenvalue weighted by atomic mass is 19.1. The monoisotopic (exact) mass is 317 g/mol. The number of nitrogens with one attached hydrogen (secondary N) is 1. The van der Waals surface area contributed by atoms with Crippen LogP contribution in [0.3, 0.4) is 0 Å². The first-order chi connectivity index (χ1) is 11.3. The smallest absolute Gasteiger partial charge is 0.189 e. The highest BCUT2D eigenvalue weighted by Gasteiger charge is 2.16. The summed E-state index contributed by atoms with van der Waals surface area (Å²) in [6, 6.07) is 10.9. The number of hydrogen-bond donors (Lipinski definition) is 1. The molecule has 1 N–H and O–H groups in total. The van der Waals surface area contributed by atoms with Crippen molar-refractivity contribution in [1.29, 1.82) is 0 Å². The van der Waals surface area contributed by atoms with E-state index in [2.05, 4.69) is 5.32 Å². The van der Waals surface area contributed by atoms with Crippen LogP contribution in [0.2, 0.25) is 0 Å².